The van der Waals surface area contributed by atoms with Crippen molar-refractivity contribution < 1.29 is 15.0 Å². The number of aliphatic hydroxyl groups excluding tert-OH is 1. The zero-order valence-electron chi connectivity index (χ0n) is 7.08. The lowest BCUT2D eigenvalue weighted by Crippen LogP contribution is -1.78. The third-order valence-corrected chi connectivity index (χ3v) is 0.830. The molecule has 0 radical (unpaired) electrons. The van der Waals surface area contributed by atoms with Gasteiger partial charge < -0.3 is 10.2 Å². The number of carbonyl (C=O) groups is 1. The van der Waals surface area contributed by atoms with E-state index in [1.165, 1.54) is 12.8 Å². The lowest BCUT2D eigenvalue weighted by molar-refractivity contribution is -0.134. The molecule has 0 aromatic rings. The maximum atomic E-state index is 9.00. The van der Waals surface area contributed by atoms with Crippen molar-refractivity contribution in [1.29, 1.82) is 0 Å². The minimum atomic E-state index is -0.833. The van der Waals surface area contributed by atoms with Crippen molar-refractivity contribution in [2.75, 3.05) is 0 Å². The highest BCUT2D eigenvalue weighted by molar-refractivity contribution is 5.62. The monoisotopic (exact) mass is 160 g/mol. The summed E-state index contributed by atoms with van der Waals surface area (Å²) in [6.45, 7) is 3.21. The Labute approximate surface area is 67.4 Å². The van der Waals surface area contributed by atoms with Gasteiger partial charge in [0.25, 0.3) is 5.97 Å². The minimum absolute atomic E-state index is 0.833. The molecule has 0 fully saturated rings. The Hall–Kier alpha value is -0.990. The van der Waals surface area contributed by atoms with Gasteiger partial charge in [0.1, 0.15) is 0 Å². The van der Waals surface area contributed by atoms with E-state index in [1.807, 2.05) is 0 Å². The van der Waals surface area contributed by atoms with Crippen LogP contribution < -0.4 is 0 Å². The van der Waals surface area contributed by atoms with Crippen LogP contribution in [-0.4, -0.2) is 16.2 Å². The number of hydrogen-bond acceptors (Lipinski definition) is 2. The molecule has 0 unspecified atom stereocenters. The van der Waals surface area contributed by atoms with Crippen LogP contribution in [0.15, 0.2) is 12.3 Å². The van der Waals surface area contributed by atoms with Gasteiger partial charge >= 0.3 is 0 Å². The molecule has 2 N–H and O–H groups in total. The zero-order chi connectivity index (χ0) is 9.11. The fourth-order valence-electron chi connectivity index (χ4n) is 0.397. The lowest BCUT2D eigenvalue weighted by atomic mass is 10.2. The van der Waals surface area contributed by atoms with Crippen LogP contribution in [0.25, 0.3) is 0 Å². The summed E-state index contributed by atoms with van der Waals surface area (Å²) in [5.41, 5.74) is 0. The summed E-state index contributed by atoms with van der Waals surface area (Å²) in [5, 5.41) is 15.5. The first kappa shape index (κ1) is 12.7. The number of unbranched alkanes of at least 4 members (excludes halogenated alkanes) is 2. The summed E-state index contributed by atoms with van der Waals surface area (Å²) < 4.78 is 0. The molecule has 0 aliphatic heterocycles. The van der Waals surface area contributed by atoms with Crippen molar-refractivity contribution in [1.82, 2.24) is 0 Å². The molecule has 0 aliphatic rings. The molecule has 0 atom stereocenters. The Morgan fingerprint density at radius 1 is 1.55 bits per heavy atom. The summed E-state index contributed by atoms with van der Waals surface area (Å²) >= 11 is 0. The Morgan fingerprint density at radius 3 is 2.27 bits per heavy atom. The number of aliphatic hydroxyl groups is 1. The second-order valence-corrected chi connectivity index (χ2v) is 2.05. The number of carboxylic acids is 1. The van der Waals surface area contributed by atoms with E-state index in [0.717, 1.165) is 19.6 Å². The van der Waals surface area contributed by atoms with Crippen molar-refractivity contribution in [3.05, 3.63) is 12.3 Å². The molecule has 3 heteroatoms. The lowest BCUT2D eigenvalue weighted by Gasteiger charge is -1.83. The number of carboxylic acid groups (broad SMARTS) is 1. The predicted molar refractivity (Wildman–Crippen MR) is 44.6 cm³/mol. The number of rotatable bonds is 3. The van der Waals surface area contributed by atoms with E-state index < -0.39 is 5.97 Å². The third kappa shape index (κ3) is 48.9. The first-order chi connectivity index (χ1) is 5.15. The quantitative estimate of drug-likeness (QED) is 0.492. The summed E-state index contributed by atoms with van der Waals surface area (Å²) in [4.78, 5) is 9.00. The van der Waals surface area contributed by atoms with Gasteiger partial charge in [-0.1, -0.05) is 19.4 Å². The van der Waals surface area contributed by atoms with Crippen LogP contribution in [0, 0.1) is 0 Å². The van der Waals surface area contributed by atoms with E-state index in [0.29, 0.717) is 0 Å². The molecule has 11 heavy (non-hydrogen) atoms. The van der Waals surface area contributed by atoms with Gasteiger partial charge in [-0.15, -0.1) is 0 Å². The Kier molecular flexibility index (Phi) is 13.5. The van der Waals surface area contributed by atoms with Crippen molar-refractivity contribution in [3.63, 3.8) is 0 Å². The molecule has 0 aromatic carbocycles. The highest BCUT2D eigenvalue weighted by Crippen LogP contribution is 1.92. The van der Waals surface area contributed by atoms with Crippen molar-refractivity contribution >= 4 is 5.97 Å². The van der Waals surface area contributed by atoms with Crippen LogP contribution in [0.4, 0.5) is 0 Å². The predicted octanol–water partition coefficient (Wildman–Crippen LogP) is 2.34. The van der Waals surface area contributed by atoms with Gasteiger partial charge in [-0.2, -0.15) is 0 Å². The van der Waals surface area contributed by atoms with Crippen LogP contribution in [0.1, 0.15) is 33.1 Å². The second-order valence-electron chi connectivity index (χ2n) is 2.05. The molecule has 0 saturated heterocycles. The van der Waals surface area contributed by atoms with E-state index in [2.05, 4.69) is 6.92 Å². The maximum Gasteiger partial charge on any atom is 0.300 e. The number of allylic oxidation sites excluding steroid dienone is 1. The fourth-order valence-corrected chi connectivity index (χ4v) is 0.397. The van der Waals surface area contributed by atoms with Crippen molar-refractivity contribution in [3.8, 4) is 0 Å². The average Bonchev–Trinajstić information content (AvgIpc) is 1.88. The molecule has 0 spiro atoms. The molecule has 0 amide bonds. The second kappa shape index (κ2) is 11.8. The topological polar surface area (TPSA) is 57.5 Å². The Balaban J connectivity index is 0. The molecular formula is C8H16O3. The Bertz CT molecular complexity index is 104. The third-order valence-electron chi connectivity index (χ3n) is 0.830. The number of aliphatic carboxylic acids is 1. The van der Waals surface area contributed by atoms with Gasteiger partial charge in [0.15, 0.2) is 0 Å². The summed E-state index contributed by atoms with van der Waals surface area (Å²) in [5.74, 6) is -0.833. The molecule has 66 valence electrons. The standard InChI is InChI=1S/C6H12O.C2H4O2/c1-2-3-4-5-6-7;1-2(3)4/h5-7H,2-4H2,1H3;1H3,(H,3,4). The van der Waals surface area contributed by atoms with Crippen LogP contribution in [0.3, 0.4) is 0 Å². The van der Waals surface area contributed by atoms with Crippen molar-refractivity contribution in [2.24, 2.45) is 0 Å². The van der Waals surface area contributed by atoms with E-state index in [4.69, 9.17) is 15.0 Å². The van der Waals surface area contributed by atoms with Gasteiger partial charge in [-0.3, -0.25) is 4.79 Å². The molecular weight excluding hydrogens is 144 g/mol. The van der Waals surface area contributed by atoms with Crippen LogP contribution >= 0.6 is 0 Å². The van der Waals surface area contributed by atoms with Gasteiger partial charge in [0.05, 0.1) is 6.26 Å². The average molecular weight is 160 g/mol. The van der Waals surface area contributed by atoms with Crippen LogP contribution in [-0.2, 0) is 4.79 Å². The van der Waals surface area contributed by atoms with Gasteiger partial charge in [0, 0.05) is 6.92 Å². The van der Waals surface area contributed by atoms with Crippen LogP contribution in [0.2, 0.25) is 0 Å². The van der Waals surface area contributed by atoms with Crippen molar-refractivity contribution in [2.45, 2.75) is 33.1 Å². The fraction of sp³-hybridized carbons (Fsp3) is 0.625. The summed E-state index contributed by atoms with van der Waals surface area (Å²) in [6, 6.07) is 0. The van der Waals surface area contributed by atoms with Gasteiger partial charge in [-0.05, 0) is 12.8 Å². The molecule has 0 heterocycles. The van der Waals surface area contributed by atoms with Gasteiger partial charge in [0.2, 0.25) is 0 Å². The van der Waals surface area contributed by atoms with Crippen LogP contribution in [0.5, 0.6) is 0 Å². The van der Waals surface area contributed by atoms with E-state index in [-0.39, 0.29) is 0 Å². The molecule has 0 aliphatic carbocycles. The Morgan fingerprint density at radius 2 is 2.00 bits per heavy atom. The smallest absolute Gasteiger partial charge is 0.300 e. The highest BCUT2D eigenvalue weighted by Gasteiger charge is 1.73. The molecule has 0 aromatic heterocycles. The largest absolute Gasteiger partial charge is 0.516 e. The summed E-state index contributed by atoms with van der Waals surface area (Å²) in [6.07, 6.45) is 6.26. The van der Waals surface area contributed by atoms with E-state index >= 15 is 0 Å². The minimum Gasteiger partial charge on any atom is -0.516 e. The number of hydrogen-bond donors (Lipinski definition) is 2. The first-order valence-electron chi connectivity index (χ1n) is 3.63. The van der Waals surface area contributed by atoms with Gasteiger partial charge in [-0.25, -0.2) is 0 Å². The molecule has 0 saturated carbocycles. The molecule has 0 bridgehead atoms. The molecule has 0 rings (SSSR count). The van der Waals surface area contributed by atoms with E-state index in [1.54, 1.807) is 6.08 Å². The van der Waals surface area contributed by atoms with E-state index in [9.17, 15) is 0 Å². The summed E-state index contributed by atoms with van der Waals surface area (Å²) in [7, 11) is 0. The maximum absolute atomic E-state index is 9.00. The normalized spacial score (nSPS) is 8.91. The SMILES string of the molecule is CC(=O)O.CCCCC=CO. The highest BCUT2D eigenvalue weighted by atomic mass is 16.4. The zero-order valence-corrected chi connectivity index (χ0v) is 7.08. The first-order valence-corrected chi connectivity index (χ1v) is 3.63. The molecule has 3 nitrogen and oxygen atoms in total.